The first-order chi connectivity index (χ1) is 36.5. The molecular weight excluding hydrogens is 957 g/mol. The number of ether oxygens (including phenoxy) is 1. The molecule has 9 heterocycles. The van der Waals surface area contributed by atoms with E-state index in [1.54, 1.807) is 40.9 Å². The van der Waals surface area contributed by atoms with Crippen molar-refractivity contribution in [1.82, 2.24) is 44.6 Å². The molecule has 11 rings (SSSR count). The maximum Gasteiger partial charge on any atom is 0.234 e. The number of aryl methyl sites for hydroxylation is 1. The number of benzene rings is 2. The van der Waals surface area contributed by atoms with Gasteiger partial charge in [-0.3, -0.25) is 34.2 Å². The van der Waals surface area contributed by atoms with E-state index in [9.17, 15) is 14.4 Å². The van der Waals surface area contributed by atoms with Crippen molar-refractivity contribution in [3.8, 4) is 34.5 Å². The van der Waals surface area contributed by atoms with Crippen molar-refractivity contribution in [2.24, 2.45) is 16.9 Å². The zero-order chi connectivity index (χ0) is 51.6. The number of piperazine rings is 1. The first-order valence-electron chi connectivity index (χ1n) is 25.9. The fourth-order valence-corrected chi connectivity index (χ4v) is 11.0. The zero-order valence-electron chi connectivity index (χ0n) is 41.9. The Hall–Kier alpha value is -7.98. The number of imide groups is 1. The van der Waals surface area contributed by atoms with Crippen LogP contribution < -0.4 is 25.6 Å². The van der Waals surface area contributed by atoms with Gasteiger partial charge in [0.1, 0.15) is 34.4 Å². The second-order valence-corrected chi connectivity index (χ2v) is 20.1. The zero-order valence-corrected chi connectivity index (χ0v) is 41.9. The number of nitrogen functional groups attached to an aromatic ring is 1. The third-order valence-electron chi connectivity index (χ3n) is 15.2. The van der Waals surface area contributed by atoms with E-state index < -0.39 is 11.6 Å². The monoisotopic (exact) mass is 1020 g/mol. The van der Waals surface area contributed by atoms with Gasteiger partial charge in [0.05, 0.1) is 36.5 Å². The molecule has 2 aromatic carbocycles. The van der Waals surface area contributed by atoms with E-state index in [0.717, 1.165) is 86.7 Å². The van der Waals surface area contributed by atoms with E-state index in [2.05, 4.69) is 41.9 Å². The van der Waals surface area contributed by atoms with E-state index in [4.69, 9.17) is 25.5 Å². The van der Waals surface area contributed by atoms with Crippen molar-refractivity contribution in [3.63, 3.8) is 0 Å². The highest BCUT2D eigenvalue weighted by atomic mass is 19.1. The van der Waals surface area contributed by atoms with Gasteiger partial charge in [0.25, 0.3) is 0 Å². The fourth-order valence-electron chi connectivity index (χ4n) is 11.0. The van der Waals surface area contributed by atoms with E-state index in [0.29, 0.717) is 86.4 Å². The van der Waals surface area contributed by atoms with E-state index >= 15 is 8.78 Å². The highest BCUT2D eigenvalue weighted by molar-refractivity contribution is 6.01. The normalized spacial score (nSPS) is 19.9. The van der Waals surface area contributed by atoms with Crippen LogP contribution in [0.1, 0.15) is 61.4 Å². The van der Waals surface area contributed by atoms with Gasteiger partial charge in [0.2, 0.25) is 17.7 Å². The van der Waals surface area contributed by atoms with E-state index in [1.807, 2.05) is 59.6 Å². The Morgan fingerprint density at radius 3 is 2.33 bits per heavy atom. The van der Waals surface area contributed by atoms with Gasteiger partial charge in [-0.15, -0.1) is 0 Å². The maximum atomic E-state index is 15.9. The summed E-state index contributed by atoms with van der Waals surface area (Å²) < 4.78 is 39.5. The van der Waals surface area contributed by atoms with Gasteiger partial charge < -0.3 is 25.2 Å². The lowest BCUT2D eigenvalue weighted by Crippen LogP contribution is -2.48. The molecule has 19 heteroatoms. The van der Waals surface area contributed by atoms with Crippen molar-refractivity contribution < 1.29 is 27.9 Å². The van der Waals surface area contributed by atoms with Crippen LogP contribution in [0.4, 0.5) is 26.1 Å². The quantitative estimate of drug-likeness (QED) is 0.115. The Labute approximate surface area is 433 Å². The number of hydrogen-bond donors (Lipinski definition) is 2. The third kappa shape index (κ3) is 10.8. The summed E-state index contributed by atoms with van der Waals surface area (Å²) >= 11 is 0. The summed E-state index contributed by atoms with van der Waals surface area (Å²) in [5.41, 5.74) is 10.3. The molecule has 0 bridgehead atoms. The minimum Gasteiger partial charge on any atom is -0.493 e. The minimum absolute atomic E-state index is 0.00127. The molecule has 2 atom stereocenters. The number of fused-ring (bicyclic) bond motifs is 1. The molecule has 386 valence electrons. The molecular formula is C56H59F2N13O4. The molecule has 4 saturated heterocycles. The lowest BCUT2D eigenvalue weighted by molar-refractivity contribution is -0.138. The maximum absolute atomic E-state index is 15.9. The average Bonchev–Trinajstić information content (AvgIpc) is 4.05. The summed E-state index contributed by atoms with van der Waals surface area (Å²) in [4.78, 5) is 63.8. The summed E-state index contributed by atoms with van der Waals surface area (Å²) in [5.74, 6) is 7.33. The molecule has 0 radical (unpaired) electrons. The van der Waals surface area contributed by atoms with Crippen LogP contribution in [0, 0.1) is 42.2 Å². The molecule has 0 aliphatic carbocycles. The number of rotatable bonds is 11. The number of halogens is 2. The lowest BCUT2D eigenvalue weighted by atomic mass is 9.90. The summed E-state index contributed by atoms with van der Waals surface area (Å²) in [6.07, 6.45) is 9.55. The Kier molecular flexibility index (Phi) is 14.1. The Morgan fingerprint density at radius 2 is 1.61 bits per heavy atom. The van der Waals surface area contributed by atoms with Crippen LogP contribution in [0.3, 0.4) is 0 Å². The molecule has 75 heavy (non-hydrogen) atoms. The number of nitrogens with two attached hydrogens (primary N) is 1. The largest absolute Gasteiger partial charge is 0.493 e. The molecule has 4 aromatic heterocycles. The molecule has 5 aliphatic heterocycles. The second-order valence-electron chi connectivity index (χ2n) is 20.1. The number of hydrogen-bond acceptors (Lipinski definition) is 14. The number of carbonyl (C=O) groups is 3. The van der Waals surface area contributed by atoms with Crippen LogP contribution in [0.5, 0.6) is 5.75 Å². The van der Waals surface area contributed by atoms with Crippen molar-refractivity contribution in [3.05, 3.63) is 114 Å². The number of nitrogens with zero attached hydrogens (tertiary/aromatic N) is 11. The topological polar surface area (TPSA) is 184 Å². The van der Waals surface area contributed by atoms with E-state index in [1.165, 1.54) is 12.1 Å². The number of anilines is 3. The average molecular weight is 1020 g/mol. The SMILES string of the molecule is Cc1nc2ccc(-c3ccnc(N)c3)nc2n1-c1cc(F)c(N2CCN(CC#Cc3ccc(N4CCC(C(=O)N5CCC(N6CC(COc7ccc(C8CCC(=O)NC8=O)cc7)C=N6)CC5)CC4)nc3)CC2)c(F)c1. The van der Waals surface area contributed by atoms with Crippen LogP contribution in [0.2, 0.25) is 0 Å². The number of aromatic nitrogens is 5. The van der Waals surface area contributed by atoms with Gasteiger partial charge in [-0.05, 0) is 93.1 Å². The molecule has 0 saturated carbocycles. The Balaban J connectivity index is 0.596. The smallest absolute Gasteiger partial charge is 0.234 e. The Morgan fingerprint density at radius 1 is 0.840 bits per heavy atom. The summed E-state index contributed by atoms with van der Waals surface area (Å²) in [6.45, 7) is 8.63. The van der Waals surface area contributed by atoms with Gasteiger partial charge in [-0.25, -0.2) is 28.7 Å². The number of carbonyl (C=O) groups excluding carboxylic acids is 3. The highest BCUT2D eigenvalue weighted by Crippen LogP contribution is 2.33. The first kappa shape index (κ1) is 49.2. The molecule has 3 amide bonds. The molecule has 3 N–H and O–H groups in total. The number of nitrogens with one attached hydrogen (secondary N) is 1. The van der Waals surface area contributed by atoms with Crippen molar-refractivity contribution >= 4 is 52.4 Å². The number of likely N-dealkylation sites (tertiary alicyclic amines) is 1. The molecule has 0 spiro atoms. The number of pyridine rings is 3. The predicted octanol–water partition coefficient (Wildman–Crippen LogP) is 5.94. The Bertz CT molecular complexity index is 3160. The van der Waals surface area contributed by atoms with Crippen molar-refractivity contribution in [2.45, 2.75) is 57.4 Å². The van der Waals surface area contributed by atoms with Gasteiger partial charge in [0, 0.05) is 119 Å². The lowest BCUT2D eigenvalue weighted by Gasteiger charge is -2.39. The van der Waals surface area contributed by atoms with Crippen LogP contribution in [0.25, 0.3) is 28.1 Å². The van der Waals surface area contributed by atoms with Gasteiger partial charge in [-0.2, -0.15) is 5.10 Å². The predicted molar refractivity (Wildman–Crippen MR) is 281 cm³/mol. The van der Waals surface area contributed by atoms with Gasteiger partial charge in [0.15, 0.2) is 17.3 Å². The molecule has 5 aliphatic rings. The third-order valence-corrected chi connectivity index (χ3v) is 15.2. The molecule has 4 fully saturated rings. The standard InChI is InChI=1S/C56H59F2N13O4/c1-36-63-49-11-10-48(41-14-19-60-50(59)29-41)64-54(49)71(36)43-30-46(57)53(47(58)31-43)68-27-25-66(26-28-68)20-2-3-37-4-12-51(61-32-37)67-21-15-40(16-22-67)56(74)69-23-17-42(18-24-69)70-34-38(33-62-70)35-75-44-7-5-39(6-8-44)45-9-13-52(72)65-55(45)73/h4-8,10-12,14,19,29-33,38,40,42,45H,9,13,15-18,20-28,34-35H2,1H3,(H2,59,60)(H,65,72,73). The van der Waals surface area contributed by atoms with Gasteiger partial charge >= 0.3 is 0 Å². The van der Waals surface area contributed by atoms with Gasteiger partial charge in [-0.1, -0.05) is 24.0 Å². The van der Waals surface area contributed by atoms with Crippen LogP contribution >= 0.6 is 0 Å². The van der Waals surface area contributed by atoms with Crippen LogP contribution in [-0.4, -0.2) is 141 Å². The molecule has 2 unspecified atom stereocenters. The minimum atomic E-state index is -0.650. The summed E-state index contributed by atoms with van der Waals surface area (Å²) in [6, 6.07) is 21.7. The summed E-state index contributed by atoms with van der Waals surface area (Å²) in [7, 11) is 0. The van der Waals surface area contributed by atoms with Crippen molar-refractivity contribution in [2.75, 3.05) is 87.6 Å². The number of amides is 3. The number of piperidine rings is 3. The van der Waals surface area contributed by atoms with E-state index in [-0.39, 0.29) is 47.2 Å². The molecule has 17 nitrogen and oxygen atoms in total. The fraction of sp³-hybridized carbons (Fsp3) is 0.393. The first-order valence-corrected chi connectivity index (χ1v) is 25.9. The number of imidazole rings is 1. The van der Waals surface area contributed by atoms with Crippen LogP contribution in [-0.2, 0) is 14.4 Å². The second kappa shape index (κ2) is 21.5. The van der Waals surface area contributed by atoms with Crippen LogP contribution in [0.15, 0.2) is 90.3 Å². The number of hydrazone groups is 1. The summed E-state index contributed by atoms with van der Waals surface area (Å²) in [5, 5.41) is 9.30. The molecule has 6 aromatic rings. The van der Waals surface area contributed by atoms with Crippen molar-refractivity contribution in [1.29, 1.82) is 0 Å². The highest BCUT2D eigenvalue weighted by Gasteiger charge is 2.35.